The zero-order valence-corrected chi connectivity index (χ0v) is 16.4. The van der Waals surface area contributed by atoms with Gasteiger partial charge in [-0.1, -0.05) is 31.2 Å². The molecule has 0 saturated carbocycles. The van der Waals surface area contributed by atoms with Crippen LogP contribution in [-0.4, -0.2) is 30.4 Å². The van der Waals surface area contributed by atoms with Gasteiger partial charge in [-0.25, -0.2) is 0 Å². The van der Waals surface area contributed by atoms with Crippen LogP contribution in [0.15, 0.2) is 48.5 Å². The maximum Gasteiger partial charge on any atom is 0.239 e. The lowest BCUT2D eigenvalue weighted by molar-refractivity contribution is -0.119. The van der Waals surface area contributed by atoms with E-state index in [2.05, 4.69) is 46.7 Å². The lowest BCUT2D eigenvalue weighted by Gasteiger charge is -2.31. The largest absolute Gasteiger partial charge is 0.376 e. The molecule has 0 bridgehead atoms. The highest BCUT2D eigenvalue weighted by molar-refractivity contribution is 5.80. The predicted octanol–water partition coefficient (Wildman–Crippen LogP) is 3.52. The molecule has 0 aliphatic carbocycles. The fourth-order valence-corrected chi connectivity index (χ4v) is 3.66. The molecule has 1 aliphatic heterocycles. The van der Waals surface area contributed by atoms with Crippen molar-refractivity contribution in [3.63, 3.8) is 0 Å². The van der Waals surface area contributed by atoms with Crippen molar-refractivity contribution in [2.75, 3.05) is 25.0 Å². The predicted molar refractivity (Wildman–Crippen MR) is 112 cm³/mol. The molecule has 28 heavy (non-hydrogen) atoms. The molecule has 2 aromatic rings. The number of nitriles is 1. The van der Waals surface area contributed by atoms with Crippen molar-refractivity contribution in [3.8, 4) is 6.07 Å². The van der Waals surface area contributed by atoms with E-state index in [0.29, 0.717) is 12.1 Å². The minimum Gasteiger partial charge on any atom is -0.376 e. The molecule has 0 aromatic heterocycles. The fraction of sp³-hybridized carbons (Fsp3) is 0.391. The normalized spacial score (nSPS) is 16.9. The van der Waals surface area contributed by atoms with Crippen LogP contribution in [0, 0.1) is 17.2 Å². The number of nitrogens with one attached hydrogen (secondary N) is 2. The van der Waals surface area contributed by atoms with Crippen LogP contribution in [0.1, 0.15) is 36.5 Å². The van der Waals surface area contributed by atoms with E-state index in [1.165, 1.54) is 24.0 Å². The number of carbonyl (C=O) groups excluding carboxylic acids is 1. The molecule has 1 aliphatic rings. The first-order chi connectivity index (χ1) is 13.6. The van der Waals surface area contributed by atoms with Crippen LogP contribution in [0.25, 0.3) is 0 Å². The topological polar surface area (TPSA) is 68.2 Å². The van der Waals surface area contributed by atoms with Crippen LogP contribution in [0.4, 0.5) is 5.69 Å². The van der Waals surface area contributed by atoms with Crippen molar-refractivity contribution in [2.24, 2.45) is 5.92 Å². The smallest absolute Gasteiger partial charge is 0.239 e. The average molecular weight is 377 g/mol. The average Bonchev–Trinajstić information content (AvgIpc) is 2.72. The molecule has 0 spiro atoms. The summed E-state index contributed by atoms with van der Waals surface area (Å²) in [4.78, 5) is 14.7. The van der Waals surface area contributed by atoms with Gasteiger partial charge < -0.3 is 10.6 Å². The number of likely N-dealkylation sites (tertiary alicyclic amines) is 1. The molecule has 3 rings (SSSR count). The highest BCUT2D eigenvalue weighted by Crippen LogP contribution is 2.19. The third-order valence-electron chi connectivity index (χ3n) is 5.20. The number of nitrogens with zero attached hydrogens (tertiary/aromatic N) is 2. The lowest BCUT2D eigenvalue weighted by Crippen LogP contribution is -2.34. The molecule has 1 saturated heterocycles. The van der Waals surface area contributed by atoms with E-state index in [4.69, 9.17) is 5.26 Å². The maximum atomic E-state index is 12.2. The lowest BCUT2D eigenvalue weighted by atomic mass is 9.99. The molecule has 2 aromatic carbocycles. The molecule has 1 fully saturated rings. The highest BCUT2D eigenvalue weighted by atomic mass is 16.1. The molecular weight excluding hydrogens is 348 g/mol. The molecule has 5 heteroatoms. The monoisotopic (exact) mass is 376 g/mol. The van der Waals surface area contributed by atoms with Crippen molar-refractivity contribution in [2.45, 2.75) is 32.9 Å². The molecule has 1 atom stereocenters. The van der Waals surface area contributed by atoms with Crippen molar-refractivity contribution in [1.29, 1.82) is 5.26 Å². The number of rotatable bonds is 7. The van der Waals surface area contributed by atoms with E-state index >= 15 is 0 Å². The first kappa shape index (κ1) is 19.9. The van der Waals surface area contributed by atoms with Gasteiger partial charge in [0.05, 0.1) is 18.2 Å². The summed E-state index contributed by atoms with van der Waals surface area (Å²) in [6.45, 7) is 6.30. The van der Waals surface area contributed by atoms with Gasteiger partial charge in [0, 0.05) is 25.3 Å². The number of anilines is 1. The number of hydrogen-bond acceptors (Lipinski definition) is 4. The van der Waals surface area contributed by atoms with Gasteiger partial charge in [-0.05, 0) is 60.7 Å². The van der Waals surface area contributed by atoms with Crippen molar-refractivity contribution < 1.29 is 4.79 Å². The maximum absolute atomic E-state index is 12.2. The third-order valence-corrected chi connectivity index (χ3v) is 5.20. The van der Waals surface area contributed by atoms with Gasteiger partial charge in [0.25, 0.3) is 0 Å². The zero-order chi connectivity index (χ0) is 19.8. The second kappa shape index (κ2) is 9.91. The molecular formula is C23H28N4O. The van der Waals surface area contributed by atoms with Crippen LogP contribution in [-0.2, 0) is 17.9 Å². The van der Waals surface area contributed by atoms with Crippen molar-refractivity contribution in [1.82, 2.24) is 10.2 Å². The summed E-state index contributed by atoms with van der Waals surface area (Å²) in [5.41, 5.74) is 3.90. The number of carbonyl (C=O) groups is 1. The molecule has 1 unspecified atom stereocenters. The Hall–Kier alpha value is -2.84. The van der Waals surface area contributed by atoms with Crippen molar-refractivity contribution in [3.05, 3.63) is 65.2 Å². The quantitative estimate of drug-likeness (QED) is 0.776. The van der Waals surface area contributed by atoms with Gasteiger partial charge >= 0.3 is 0 Å². The Balaban J connectivity index is 1.49. The van der Waals surface area contributed by atoms with Gasteiger partial charge in [0.15, 0.2) is 0 Å². The second-order valence-electron chi connectivity index (χ2n) is 7.57. The number of amides is 1. The number of hydrogen-bond donors (Lipinski definition) is 2. The van der Waals surface area contributed by atoms with E-state index in [0.717, 1.165) is 31.2 Å². The van der Waals surface area contributed by atoms with Gasteiger partial charge in [-0.2, -0.15) is 5.26 Å². The van der Waals surface area contributed by atoms with Crippen LogP contribution in [0.3, 0.4) is 0 Å². The number of benzene rings is 2. The van der Waals surface area contributed by atoms with Gasteiger partial charge in [-0.15, -0.1) is 0 Å². The third kappa shape index (κ3) is 5.83. The minimum atomic E-state index is -0.0502. The van der Waals surface area contributed by atoms with Crippen LogP contribution in [0.2, 0.25) is 0 Å². The minimum absolute atomic E-state index is 0.0502. The van der Waals surface area contributed by atoms with E-state index in [1.807, 2.05) is 6.07 Å². The molecule has 1 heterocycles. The van der Waals surface area contributed by atoms with E-state index < -0.39 is 0 Å². The van der Waals surface area contributed by atoms with Crippen LogP contribution >= 0.6 is 0 Å². The summed E-state index contributed by atoms with van der Waals surface area (Å²) in [6.07, 6.45) is 2.58. The summed E-state index contributed by atoms with van der Waals surface area (Å²) in [7, 11) is 0. The van der Waals surface area contributed by atoms with E-state index in [9.17, 15) is 4.79 Å². The Kier molecular flexibility index (Phi) is 7.05. The summed E-state index contributed by atoms with van der Waals surface area (Å²) in [5, 5.41) is 14.9. The summed E-state index contributed by atoms with van der Waals surface area (Å²) < 4.78 is 0. The Morgan fingerprint density at radius 2 is 1.93 bits per heavy atom. The van der Waals surface area contributed by atoms with Gasteiger partial charge in [-0.3, -0.25) is 9.69 Å². The van der Waals surface area contributed by atoms with Gasteiger partial charge in [0.1, 0.15) is 0 Å². The van der Waals surface area contributed by atoms with Crippen molar-refractivity contribution >= 4 is 11.6 Å². The Bertz CT molecular complexity index is 825. The first-order valence-electron chi connectivity index (χ1n) is 9.94. The zero-order valence-electron chi connectivity index (χ0n) is 16.4. The summed E-state index contributed by atoms with van der Waals surface area (Å²) in [6, 6.07) is 17.5. The fourth-order valence-electron chi connectivity index (χ4n) is 3.66. The Morgan fingerprint density at radius 3 is 2.64 bits per heavy atom. The van der Waals surface area contributed by atoms with Crippen LogP contribution in [0.5, 0.6) is 0 Å². The second-order valence-corrected chi connectivity index (χ2v) is 7.57. The Morgan fingerprint density at radius 1 is 1.18 bits per heavy atom. The molecule has 146 valence electrons. The highest BCUT2D eigenvalue weighted by Gasteiger charge is 2.17. The molecule has 1 amide bonds. The standard InChI is InChI=1S/C23H28N4O/c1-18-5-4-12-27(16-18)17-21-7-3-2-6-20(21)14-26-23(28)15-25-22-10-8-19(13-24)9-11-22/h2-3,6-11,18,25H,4-5,12,14-17H2,1H3,(H,26,28). The molecule has 2 N–H and O–H groups in total. The SMILES string of the molecule is CC1CCCN(Cc2ccccc2CNC(=O)CNc2ccc(C#N)cc2)C1. The Labute approximate surface area is 167 Å². The van der Waals surface area contributed by atoms with E-state index in [-0.39, 0.29) is 12.5 Å². The molecule has 0 radical (unpaired) electrons. The number of piperidine rings is 1. The summed E-state index contributed by atoms with van der Waals surface area (Å²) >= 11 is 0. The van der Waals surface area contributed by atoms with Gasteiger partial charge in [0.2, 0.25) is 5.91 Å². The van der Waals surface area contributed by atoms with Crippen LogP contribution < -0.4 is 10.6 Å². The summed E-state index contributed by atoms with van der Waals surface area (Å²) in [5.74, 6) is 0.708. The molecule has 5 nitrogen and oxygen atoms in total. The first-order valence-corrected chi connectivity index (χ1v) is 9.94. The van der Waals surface area contributed by atoms with E-state index in [1.54, 1.807) is 24.3 Å².